The number of amides is 1. The van der Waals surface area contributed by atoms with Crippen molar-refractivity contribution in [1.29, 1.82) is 0 Å². The zero-order chi connectivity index (χ0) is 11.5. The van der Waals surface area contributed by atoms with Gasteiger partial charge in [0.15, 0.2) is 0 Å². The van der Waals surface area contributed by atoms with Crippen molar-refractivity contribution >= 4 is 5.91 Å². The molecule has 1 fully saturated rings. The molecule has 0 aliphatic heterocycles. The summed E-state index contributed by atoms with van der Waals surface area (Å²) in [4.78, 5) is 11.7. The normalized spacial score (nSPS) is 22.7. The van der Waals surface area contributed by atoms with Crippen LogP contribution in [0.1, 0.15) is 46.5 Å². The number of carbonyl (C=O) groups excluding carboxylic acids is 1. The third-order valence-corrected chi connectivity index (χ3v) is 3.81. The number of hydrogen-bond acceptors (Lipinski definition) is 2. The molecule has 0 bridgehead atoms. The van der Waals surface area contributed by atoms with Crippen LogP contribution in [0.3, 0.4) is 0 Å². The van der Waals surface area contributed by atoms with E-state index in [4.69, 9.17) is 5.73 Å². The molecule has 3 heteroatoms. The Morgan fingerprint density at radius 1 is 1.53 bits per heavy atom. The minimum absolute atomic E-state index is 0.0116. The van der Waals surface area contributed by atoms with Crippen molar-refractivity contribution < 1.29 is 4.79 Å². The first kappa shape index (κ1) is 12.5. The van der Waals surface area contributed by atoms with Crippen LogP contribution in [0.5, 0.6) is 0 Å². The molecule has 0 spiro atoms. The lowest BCUT2D eigenvalue weighted by Gasteiger charge is -2.38. The smallest absolute Gasteiger partial charge is 0.237 e. The van der Waals surface area contributed by atoms with E-state index in [9.17, 15) is 4.79 Å². The Bertz CT molecular complexity index is 224. The molecular formula is C12H24N2O. The van der Waals surface area contributed by atoms with Gasteiger partial charge in [-0.15, -0.1) is 0 Å². The highest BCUT2D eigenvalue weighted by Gasteiger charge is 2.32. The molecule has 0 heterocycles. The van der Waals surface area contributed by atoms with E-state index in [1.165, 1.54) is 19.3 Å². The minimum Gasteiger partial charge on any atom is -0.354 e. The predicted molar refractivity (Wildman–Crippen MR) is 62.4 cm³/mol. The molecule has 0 saturated heterocycles. The largest absolute Gasteiger partial charge is 0.354 e. The highest BCUT2D eigenvalue weighted by atomic mass is 16.2. The number of nitrogens with one attached hydrogen (secondary N) is 1. The summed E-state index contributed by atoms with van der Waals surface area (Å²) >= 11 is 0. The van der Waals surface area contributed by atoms with E-state index in [-0.39, 0.29) is 17.9 Å². The fourth-order valence-corrected chi connectivity index (χ4v) is 1.89. The van der Waals surface area contributed by atoms with Crippen LogP contribution in [-0.4, -0.2) is 18.5 Å². The molecule has 0 unspecified atom stereocenters. The summed E-state index contributed by atoms with van der Waals surface area (Å²) in [6, 6.07) is -0.348. The van der Waals surface area contributed by atoms with Crippen molar-refractivity contribution in [3.8, 4) is 0 Å². The number of carbonyl (C=O) groups is 1. The summed E-state index contributed by atoms with van der Waals surface area (Å²) in [7, 11) is 0. The van der Waals surface area contributed by atoms with Gasteiger partial charge in [-0.05, 0) is 24.2 Å². The molecule has 0 radical (unpaired) electrons. The first-order chi connectivity index (χ1) is 6.98. The molecule has 1 amide bonds. The monoisotopic (exact) mass is 212 g/mol. The third kappa shape index (κ3) is 3.20. The molecule has 1 rings (SSSR count). The van der Waals surface area contributed by atoms with Gasteiger partial charge in [-0.3, -0.25) is 4.79 Å². The quantitative estimate of drug-likeness (QED) is 0.728. The lowest BCUT2D eigenvalue weighted by atomic mass is 9.70. The van der Waals surface area contributed by atoms with E-state index in [0.29, 0.717) is 5.41 Å². The van der Waals surface area contributed by atoms with Gasteiger partial charge in [0.05, 0.1) is 6.04 Å². The molecule has 0 aromatic carbocycles. The average Bonchev–Trinajstić information content (AvgIpc) is 2.20. The maximum absolute atomic E-state index is 11.7. The van der Waals surface area contributed by atoms with Crippen molar-refractivity contribution in [1.82, 2.24) is 5.32 Å². The topological polar surface area (TPSA) is 55.1 Å². The van der Waals surface area contributed by atoms with Gasteiger partial charge >= 0.3 is 0 Å². The van der Waals surface area contributed by atoms with Crippen molar-refractivity contribution in [3.63, 3.8) is 0 Å². The van der Waals surface area contributed by atoms with Crippen LogP contribution in [0.25, 0.3) is 0 Å². The lowest BCUT2D eigenvalue weighted by molar-refractivity contribution is -0.124. The van der Waals surface area contributed by atoms with Gasteiger partial charge in [-0.25, -0.2) is 0 Å². The second kappa shape index (κ2) is 4.97. The summed E-state index contributed by atoms with van der Waals surface area (Å²) in [5, 5.41) is 2.98. The standard InChI is InChI=1S/C12H24N2O/c1-4-9(2)10(13)11(15)14-8-12(3)6-5-7-12/h9-10H,4-8,13H2,1-3H3,(H,14,15)/t9-,10-/m0/s1. The molecule has 88 valence electrons. The maximum Gasteiger partial charge on any atom is 0.237 e. The van der Waals surface area contributed by atoms with Crippen molar-refractivity contribution in [2.45, 2.75) is 52.5 Å². The Morgan fingerprint density at radius 2 is 2.13 bits per heavy atom. The fraction of sp³-hybridized carbons (Fsp3) is 0.917. The SMILES string of the molecule is CC[C@H](C)[C@H](N)C(=O)NCC1(C)CCC1. The molecule has 15 heavy (non-hydrogen) atoms. The van der Waals surface area contributed by atoms with Crippen LogP contribution in [0.15, 0.2) is 0 Å². The van der Waals surface area contributed by atoms with E-state index >= 15 is 0 Å². The summed E-state index contributed by atoms with van der Waals surface area (Å²) < 4.78 is 0. The van der Waals surface area contributed by atoms with E-state index in [1.807, 2.05) is 6.92 Å². The zero-order valence-electron chi connectivity index (χ0n) is 10.2. The molecular weight excluding hydrogens is 188 g/mol. The number of rotatable bonds is 5. The second-order valence-corrected chi connectivity index (χ2v) is 5.29. The van der Waals surface area contributed by atoms with Gasteiger partial charge in [0.2, 0.25) is 5.91 Å². The Hall–Kier alpha value is -0.570. The van der Waals surface area contributed by atoms with Gasteiger partial charge in [0, 0.05) is 6.54 Å². The number of nitrogens with two attached hydrogens (primary N) is 1. The van der Waals surface area contributed by atoms with E-state index in [0.717, 1.165) is 13.0 Å². The number of hydrogen-bond donors (Lipinski definition) is 2. The third-order valence-electron chi connectivity index (χ3n) is 3.81. The van der Waals surface area contributed by atoms with Crippen molar-refractivity contribution in [3.05, 3.63) is 0 Å². The zero-order valence-corrected chi connectivity index (χ0v) is 10.2. The Labute approximate surface area is 92.8 Å². The van der Waals surface area contributed by atoms with E-state index in [2.05, 4.69) is 19.2 Å². The van der Waals surface area contributed by atoms with Crippen LogP contribution in [0, 0.1) is 11.3 Å². The van der Waals surface area contributed by atoms with Crippen LogP contribution < -0.4 is 11.1 Å². The van der Waals surface area contributed by atoms with E-state index < -0.39 is 0 Å². The Balaban J connectivity index is 2.29. The summed E-state index contributed by atoms with van der Waals surface area (Å²) in [5.74, 6) is 0.275. The van der Waals surface area contributed by atoms with Crippen LogP contribution in [0.2, 0.25) is 0 Å². The predicted octanol–water partition coefficient (Wildman–Crippen LogP) is 1.67. The Morgan fingerprint density at radius 3 is 2.53 bits per heavy atom. The Kier molecular flexibility index (Phi) is 4.14. The van der Waals surface area contributed by atoms with Gasteiger partial charge in [0.25, 0.3) is 0 Å². The van der Waals surface area contributed by atoms with E-state index in [1.54, 1.807) is 0 Å². The second-order valence-electron chi connectivity index (χ2n) is 5.29. The molecule has 2 atom stereocenters. The van der Waals surface area contributed by atoms with Gasteiger partial charge in [0.1, 0.15) is 0 Å². The molecule has 1 saturated carbocycles. The molecule has 0 aromatic heterocycles. The maximum atomic E-state index is 11.7. The molecule has 1 aliphatic rings. The summed E-state index contributed by atoms with van der Waals surface area (Å²) in [5.41, 5.74) is 6.19. The molecule has 3 nitrogen and oxygen atoms in total. The van der Waals surface area contributed by atoms with Gasteiger partial charge < -0.3 is 11.1 Å². The lowest BCUT2D eigenvalue weighted by Crippen LogP contribution is -2.48. The fourth-order valence-electron chi connectivity index (χ4n) is 1.89. The van der Waals surface area contributed by atoms with Crippen LogP contribution in [0.4, 0.5) is 0 Å². The first-order valence-electron chi connectivity index (χ1n) is 6.02. The van der Waals surface area contributed by atoms with Crippen LogP contribution in [-0.2, 0) is 4.79 Å². The van der Waals surface area contributed by atoms with Gasteiger partial charge in [-0.1, -0.05) is 33.6 Å². The van der Waals surface area contributed by atoms with Gasteiger partial charge in [-0.2, -0.15) is 0 Å². The molecule has 3 N–H and O–H groups in total. The van der Waals surface area contributed by atoms with Crippen LogP contribution >= 0.6 is 0 Å². The molecule has 0 aromatic rings. The average molecular weight is 212 g/mol. The summed E-state index contributed by atoms with van der Waals surface area (Å²) in [6.07, 6.45) is 4.70. The highest BCUT2D eigenvalue weighted by Crippen LogP contribution is 2.39. The molecule has 1 aliphatic carbocycles. The summed E-state index contributed by atoms with van der Waals surface area (Å²) in [6.45, 7) is 7.10. The minimum atomic E-state index is -0.348. The van der Waals surface area contributed by atoms with Crippen molar-refractivity contribution in [2.24, 2.45) is 17.1 Å². The van der Waals surface area contributed by atoms with Crippen molar-refractivity contribution in [2.75, 3.05) is 6.54 Å². The highest BCUT2D eigenvalue weighted by molar-refractivity contribution is 5.81. The first-order valence-corrected chi connectivity index (χ1v) is 6.02.